The van der Waals surface area contributed by atoms with E-state index in [0.29, 0.717) is 17.9 Å². The van der Waals surface area contributed by atoms with Crippen LogP contribution < -0.4 is 15.1 Å². The lowest BCUT2D eigenvalue weighted by molar-refractivity contribution is -0.126. The van der Waals surface area contributed by atoms with Crippen LogP contribution in [-0.2, 0) is 4.79 Å². The third-order valence-corrected chi connectivity index (χ3v) is 7.54. The molecule has 4 aliphatic rings. The van der Waals surface area contributed by atoms with E-state index in [2.05, 4.69) is 27.0 Å². The number of nitrogens with zero attached hydrogens (tertiary/aromatic N) is 5. The van der Waals surface area contributed by atoms with Gasteiger partial charge in [0.15, 0.2) is 5.82 Å². The van der Waals surface area contributed by atoms with Crippen LogP contribution in [0.5, 0.6) is 0 Å². The van der Waals surface area contributed by atoms with Gasteiger partial charge < -0.3 is 10.2 Å². The summed E-state index contributed by atoms with van der Waals surface area (Å²) in [7, 11) is 0. The maximum atomic E-state index is 13.1. The van der Waals surface area contributed by atoms with E-state index in [4.69, 9.17) is 4.98 Å². The second-order valence-electron chi connectivity index (χ2n) is 9.09. The number of halogens is 3. The Morgan fingerprint density at radius 3 is 2.32 bits per heavy atom. The van der Waals surface area contributed by atoms with Crippen molar-refractivity contribution in [1.29, 1.82) is 0 Å². The number of hydrogen-bond acceptors (Lipinski definition) is 6. The molecule has 0 unspecified atom stereocenters. The Morgan fingerprint density at radius 2 is 1.68 bits per heavy atom. The van der Waals surface area contributed by atoms with Crippen molar-refractivity contribution in [2.75, 3.05) is 49.1 Å². The van der Waals surface area contributed by atoms with E-state index in [9.17, 15) is 4.79 Å². The average Bonchev–Trinajstić information content (AvgIpc) is 3.44. The lowest BCUT2D eigenvalue weighted by atomic mass is 9.78. The minimum Gasteiger partial charge on any atom is -0.354 e. The topological polar surface area (TPSA) is 64.6 Å². The van der Waals surface area contributed by atoms with Crippen LogP contribution in [0, 0.1) is 5.41 Å². The predicted molar refractivity (Wildman–Crippen MR) is 131 cm³/mol. The van der Waals surface area contributed by atoms with Gasteiger partial charge in [0.1, 0.15) is 5.82 Å². The molecular weight excluding hydrogens is 459 g/mol. The number of carbonyl (C=O) groups is 1. The molecule has 2 atom stereocenters. The van der Waals surface area contributed by atoms with Gasteiger partial charge in [-0.2, -0.15) is 0 Å². The molecule has 4 fully saturated rings. The fourth-order valence-corrected chi connectivity index (χ4v) is 5.74. The highest BCUT2D eigenvalue weighted by atomic mass is 35.5. The fraction of sp³-hybridized carbons (Fsp3) is 0.762. The molecule has 0 bridgehead atoms. The third kappa shape index (κ3) is 4.91. The van der Waals surface area contributed by atoms with Crippen LogP contribution in [-0.4, -0.2) is 72.1 Å². The molecule has 1 aromatic heterocycles. The Balaban J connectivity index is 0.00000114. The molecule has 0 radical (unpaired) electrons. The Kier molecular flexibility index (Phi) is 9.23. The van der Waals surface area contributed by atoms with Gasteiger partial charge in [-0.1, -0.05) is 0 Å². The highest BCUT2D eigenvalue weighted by Crippen LogP contribution is 2.41. The average molecular weight is 494 g/mol. The molecule has 1 N–H and O–H groups in total. The first-order valence-corrected chi connectivity index (χ1v) is 11.0. The van der Waals surface area contributed by atoms with Crippen LogP contribution in [0.15, 0.2) is 12.4 Å². The number of carbonyl (C=O) groups excluding carboxylic acids is 1. The van der Waals surface area contributed by atoms with Gasteiger partial charge in [-0.15, -0.1) is 37.2 Å². The zero-order chi connectivity index (χ0) is 19.1. The van der Waals surface area contributed by atoms with Crippen LogP contribution in [0.3, 0.4) is 0 Å². The number of amides is 1. The molecule has 4 aliphatic heterocycles. The zero-order valence-electron chi connectivity index (χ0n) is 18.2. The van der Waals surface area contributed by atoms with Crippen molar-refractivity contribution in [3.8, 4) is 0 Å². The third-order valence-electron chi connectivity index (χ3n) is 7.54. The normalized spacial score (nSPS) is 27.7. The second kappa shape index (κ2) is 10.8. The predicted octanol–water partition coefficient (Wildman–Crippen LogP) is 2.91. The van der Waals surface area contributed by atoms with Crippen molar-refractivity contribution >= 4 is 54.8 Å². The number of anilines is 2. The number of likely N-dealkylation sites (tertiary alicyclic amines) is 1. The maximum absolute atomic E-state index is 13.1. The minimum absolute atomic E-state index is 0. The fourth-order valence-electron chi connectivity index (χ4n) is 5.74. The van der Waals surface area contributed by atoms with E-state index in [0.717, 1.165) is 57.8 Å². The van der Waals surface area contributed by atoms with Crippen molar-refractivity contribution < 1.29 is 4.79 Å². The van der Waals surface area contributed by atoms with Crippen LogP contribution in [0.2, 0.25) is 0 Å². The van der Waals surface area contributed by atoms with Crippen molar-refractivity contribution in [1.82, 2.24) is 20.2 Å². The van der Waals surface area contributed by atoms with Gasteiger partial charge in [-0.3, -0.25) is 14.6 Å². The molecule has 1 amide bonds. The summed E-state index contributed by atoms with van der Waals surface area (Å²) in [6, 6.07) is 1.35. The summed E-state index contributed by atoms with van der Waals surface area (Å²) in [4.78, 5) is 29.3. The smallest absolute Gasteiger partial charge is 0.234 e. The number of aromatic nitrogens is 2. The first-order chi connectivity index (χ1) is 13.7. The molecule has 31 heavy (non-hydrogen) atoms. The quantitative estimate of drug-likeness (QED) is 0.698. The van der Waals surface area contributed by atoms with E-state index in [1.807, 2.05) is 11.1 Å². The summed E-state index contributed by atoms with van der Waals surface area (Å²) in [5.74, 6) is 1.91. The van der Waals surface area contributed by atoms with Gasteiger partial charge in [0.05, 0.1) is 17.8 Å². The second-order valence-corrected chi connectivity index (χ2v) is 9.09. The molecule has 5 heterocycles. The summed E-state index contributed by atoms with van der Waals surface area (Å²) < 4.78 is 0. The van der Waals surface area contributed by atoms with Gasteiger partial charge in [-0.25, -0.2) is 9.97 Å². The molecule has 10 heteroatoms. The Hall–Kier alpha value is -0.860. The molecule has 0 aliphatic carbocycles. The highest BCUT2D eigenvalue weighted by molar-refractivity contribution is 5.99. The number of hydrogen-bond donors (Lipinski definition) is 1. The summed E-state index contributed by atoms with van der Waals surface area (Å²) in [5, 5.41) is 3.37. The minimum atomic E-state index is -0.166. The molecule has 176 valence electrons. The molecule has 1 aromatic rings. The van der Waals surface area contributed by atoms with E-state index in [1.165, 1.54) is 25.8 Å². The SMILES string of the molecule is C[C@H]1CCCN1[C@@H]1CCN(c2cnc(N3CCC4(CCNCC4)C3=O)cn2)C1.Cl.Cl.Cl. The molecule has 4 saturated heterocycles. The molecular formula is C21H35Cl3N6O. The van der Waals surface area contributed by atoms with E-state index in [-0.39, 0.29) is 48.5 Å². The maximum Gasteiger partial charge on any atom is 0.234 e. The van der Waals surface area contributed by atoms with Crippen molar-refractivity contribution in [2.45, 2.75) is 57.5 Å². The number of rotatable bonds is 3. The van der Waals surface area contributed by atoms with Gasteiger partial charge in [0.25, 0.3) is 0 Å². The molecule has 7 nitrogen and oxygen atoms in total. The van der Waals surface area contributed by atoms with Crippen LogP contribution in [0.1, 0.15) is 45.4 Å². The summed E-state index contributed by atoms with van der Waals surface area (Å²) in [6.45, 7) is 8.32. The van der Waals surface area contributed by atoms with Crippen LogP contribution in [0.4, 0.5) is 11.6 Å². The summed E-state index contributed by atoms with van der Waals surface area (Å²) >= 11 is 0. The van der Waals surface area contributed by atoms with Gasteiger partial charge in [0.2, 0.25) is 5.91 Å². The van der Waals surface area contributed by atoms with Gasteiger partial charge in [0, 0.05) is 31.7 Å². The van der Waals surface area contributed by atoms with Crippen molar-refractivity contribution in [3.05, 3.63) is 12.4 Å². The van der Waals surface area contributed by atoms with Crippen LogP contribution in [0.25, 0.3) is 0 Å². The molecule has 1 spiro atoms. The molecule has 0 aromatic carbocycles. The number of nitrogens with one attached hydrogen (secondary N) is 1. The largest absolute Gasteiger partial charge is 0.354 e. The van der Waals surface area contributed by atoms with E-state index in [1.54, 1.807) is 6.20 Å². The highest BCUT2D eigenvalue weighted by Gasteiger charge is 2.47. The van der Waals surface area contributed by atoms with Gasteiger partial charge >= 0.3 is 0 Å². The lowest BCUT2D eigenvalue weighted by Crippen LogP contribution is -2.43. The number of piperidine rings is 1. The standard InChI is InChI=1S/C21H32N6O.3ClH/c1-16-3-2-10-26(16)17-4-11-25(15-17)18-13-24-19(14-23-18)27-12-7-21(20(27)28)5-8-22-9-6-21;;;/h13-14,16-17,22H,2-12,15H2,1H3;3*1H/t16-,17+;;;/m0.../s1. The van der Waals surface area contributed by atoms with Crippen molar-refractivity contribution in [2.24, 2.45) is 5.41 Å². The first-order valence-electron chi connectivity index (χ1n) is 11.0. The summed E-state index contributed by atoms with van der Waals surface area (Å²) in [6.07, 6.45) is 10.4. The van der Waals surface area contributed by atoms with E-state index >= 15 is 0 Å². The van der Waals surface area contributed by atoms with Crippen LogP contribution >= 0.6 is 37.2 Å². The lowest BCUT2D eigenvalue weighted by Gasteiger charge is -2.31. The zero-order valence-corrected chi connectivity index (χ0v) is 20.6. The summed E-state index contributed by atoms with van der Waals surface area (Å²) in [5.41, 5.74) is -0.166. The van der Waals surface area contributed by atoms with E-state index < -0.39 is 0 Å². The Morgan fingerprint density at radius 1 is 0.968 bits per heavy atom. The Bertz CT molecular complexity index is 730. The van der Waals surface area contributed by atoms with Crippen molar-refractivity contribution in [3.63, 3.8) is 0 Å². The monoisotopic (exact) mass is 492 g/mol. The first kappa shape index (κ1) is 26.4. The molecule has 0 saturated carbocycles. The molecule has 5 rings (SSSR count). The Labute approximate surface area is 204 Å². The van der Waals surface area contributed by atoms with Gasteiger partial charge in [-0.05, 0) is 65.1 Å².